The monoisotopic (exact) mass is 272 g/mol. The van der Waals surface area contributed by atoms with Crippen LogP contribution < -0.4 is 4.74 Å². The highest BCUT2D eigenvalue weighted by molar-refractivity contribution is 9.08. The summed E-state index contributed by atoms with van der Waals surface area (Å²) in [5, 5.41) is 13.4. The fraction of sp³-hybridized carbons (Fsp3) is 0.200. The maximum Gasteiger partial charge on any atom is 0.131 e. The van der Waals surface area contributed by atoms with Gasteiger partial charge >= 0.3 is 0 Å². The van der Waals surface area contributed by atoms with Gasteiger partial charge in [-0.05, 0) is 17.0 Å². The van der Waals surface area contributed by atoms with Gasteiger partial charge in [0.1, 0.15) is 11.5 Å². The second-order valence-electron chi connectivity index (χ2n) is 2.92. The minimum Gasteiger partial charge on any atom is -0.508 e. The Balaban J connectivity index is 2.78. The van der Waals surface area contributed by atoms with Crippen LogP contribution in [0.4, 0.5) is 0 Å². The number of thiophene rings is 1. The summed E-state index contributed by atoms with van der Waals surface area (Å²) >= 11 is 5.04. The van der Waals surface area contributed by atoms with Gasteiger partial charge < -0.3 is 9.84 Å². The van der Waals surface area contributed by atoms with E-state index >= 15 is 0 Å². The van der Waals surface area contributed by atoms with E-state index in [2.05, 4.69) is 21.3 Å². The Hall–Kier alpha value is -0.740. The number of halogens is 1. The molecule has 0 saturated carbocycles. The van der Waals surface area contributed by atoms with Crippen LogP contribution in [0.3, 0.4) is 0 Å². The summed E-state index contributed by atoms with van der Waals surface area (Å²) in [4.78, 5) is 0. The maximum absolute atomic E-state index is 9.44. The van der Waals surface area contributed by atoms with Crippen molar-refractivity contribution >= 4 is 37.4 Å². The average Bonchev–Trinajstić information content (AvgIpc) is 2.59. The first-order valence-electron chi connectivity index (χ1n) is 4.09. The molecule has 0 atom stereocenters. The third-order valence-corrected chi connectivity index (χ3v) is 3.65. The van der Waals surface area contributed by atoms with Crippen molar-refractivity contribution in [3.8, 4) is 11.5 Å². The Bertz CT molecular complexity index is 464. The molecular formula is C10H9BrO2S. The highest BCUT2D eigenvalue weighted by Crippen LogP contribution is 2.37. The molecule has 1 aromatic heterocycles. The van der Waals surface area contributed by atoms with Crippen molar-refractivity contribution in [2.24, 2.45) is 0 Å². The molecule has 0 fully saturated rings. The van der Waals surface area contributed by atoms with Crippen molar-refractivity contribution in [2.75, 3.05) is 7.11 Å². The lowest BCUT2D eigenvalue weighted by molar-refractivity contribution is 0.413. The van der Waals surface area contributed by atoms with Crippen molar-refractivity contribution < 1.29 is 9.84 Å². The van der Waals surface area contributed by atoms with Crippen LogP contribution in [0.5, 0.6) is 11.5 Å². The Morgan fingerprint density at radius 2 is 2.29 bits per heavy atom. The molecular weight excluding hydrogens is 264 g/mol. The van der Waals surface area contributed by atoms with Gasteiger partial charge in [-0.15, -0.1) is 11.3 Å². The number of benzene rings is 1. The van der Waals surface area contributed by atoms with E-state index in [-0.39, 0.29) is 5.75 Å². The SMILES string of the molecule is COc1cc(O)cc2scc(CBr)c12. The molecule has 0 aliphatic rings. The van der Waals surface area contributed by atoms with Crippen molar-refractivity contribution in [1.29, 1.82) is 0 Å². The zero-order valence-corrected chi connectivity index (χ0v) is 9.98. The molecule has 0 amide bonds. The van der Waals surface area contributed by atoms with Crippen LogP contribution >= 0.6 is 27.3 Å². The summed E-state index contributed by atoms with van der Waals surface area (Å²) in [6.45, 7) is 0. The van der Waals surface area contributed by atoms with E-state index in [1.165, 1.54) is 5.56 Å². The quantitative estimate of drug-likeness (QED) is 0.848. The molecule has 14 heavy (non-hydrogen) atoms. The Morgan fingerprint density at radius 3 is 2.93 bits per heavy atom. The van der Waals surface area contributed by atoms with Crippen LogP contribution in [0, 0.1) is 0 Å². The predicted octanol–water partition coefficient (Wildman–Crippen LogP) is 3.51. The minimum atomic E-state index is 0.248. The normalized spacial score (nSPS) is 10.7. The second-order valence-corrected chi connectivity index (χ2v) is 4.39. The molecule has 0 unspecified atom stereocenters. The molecule has 2 aromatic rings. The predicted molar refractivity (Wildman–Crippen MR) is 62.7 cm³/mol. The lowest BCUT2D eigenvalue weighted by Gasteiger charge is -2.04. The molecule has 0 spiro atoms. The average molecular weight is 273 g/mol. The number of hydrogen-bond acceptors (Lipinski definition) is 3. The Kier molecular flexibility index (Phi) is 2.65. The van der Waals surface area contributed by atoms with Crippen LogP contribution in [0.25, 0.3) is 10.1 Å². The van der Waals surface area contributed by atoms with Crippen molar-refractivity contribution in [3.05, 3.63) is 23.1 Å². The molecule has 1 heterocycles. The zero-order valence-electron chi connectivity index (χ0n) is 7.58. The van der Waals surface area contributed by atoms with Crippen LogP contribution in [-0.2, 0) is 5.33 Å². The number of aromatic hydroxyl groups is 1. The summed E-state index contributed by atoms with van der Waals surface area (Å²) < 4.78 is 6.29. The maximum atomic E-state index is 9.44. The largest absolute Gasteiger partial charge is 0.508 e. The second kappa shape index (κ2) is 3.79. The number of ether oxygens (including phenoxy) is 1. The van der Waals surface area contributed by atoms with Gasteiger partial charge in [0, 0.05) is 21.5 Å². The van der Waals surface area contributed by atoms with Crippen molar-refractivity contribution in [3.63, 3.8) is 0 Å². The van der Waals surface area contributed by atoms with E-state index in [1.54, 1.807) is 30.6 Å². The molecule has 0 bridgehead atoms. The number of phenolic OH excluding ortho intramolecular Hbond substituents is 1. The van der Waals surface area contributed by atoms with Crippen LogP contribution in [0.1, 0.15) is 5.56 Å². The lowest BCUT2D eigenvalue weighted by atomic mass is 10.1. The smallest absolute Gasteiger partial charge is 0.131 e. The molecule has 2 rings (SSSR count). The molecule has 0 radical (unpaired) electrons. The topological polar surface area (TPSA) is 29.5 Å². The minimum absolute atomic E-state index is 0.248. The molecule has 0 aliphatic carbocycles. The van der Waals surface area contributed by atoms with Gasteiger partial charge in [0.05, 0.1) is 7.11 Å². The third-order valence-electron chi connectivity index (χ3n) is 2.06. The molecule has 1 N–H and O–H groups in total. The van der Waals surface area contributed by atoms with Crippen LogP contribution in [-0.4, -0.2) is 12.2 Å². The van der Waals surface area contributed by atoms with Crippen molar-refractivity contribution in [1.82, 2.24) is 0 Å². The number of phenols is 1. The van der Waals surface area contributed by atoms with Gasteiger partial charge in [0.2, 0.25) is 0 Å². The highest BCUT2D eigenvalue weighted by atomic mass is 79.9. The number of fused-ring (bicyclic) bond motifs is 1. The zero-order chi connectivity index (χ0) is 10.1. The number of alkyl halides is 1. The van der Waals surface area contributed by atoms with Gasteiger partial charge in [-0.3, -0.25) is 0 Å². The van der Waals surface area contributed by atoms with Gasteiger partial charge in [0.15, 0.2) is 0 Å². The molecule has 0 aliphatic heterocycles. The standard InChI is InChI=1S/C10H9BrO2S/c1-13-8-2-7(12)3-9-10(8)6(4-11)5-14-9/h2-3,5,12H,4H2,1H3. The summed E-state index contributed by atoms with van der Waals surface area (Å²) in [6, 6.07) is 3.40. The van der Waals surface area contributed by atoms with Gasteiger partial charge in [-0.1, -0.05) is 15.9 Å². The van der Waals surface area contributed by atoms with Crippen LogP contribution in [0.2, 0.25) is 0 Å². The molecule has 1 aromatic carbocycles. The number of rotatable bonds is 2. The Labute approximate surface area is 94.3 Å². The van der Waals surface area contributed by atoms with Crippen LogP contribution in [0.15, 0.2) is 17.5 Å². The lowest BCUT2D eigenvalue weighted by Crippen LogP contribution is -1.85. The van der Waals surface area contributed by atoms with E-state index in [9.17, 15) is 5.11 Å². The fourth-order valence-corrected chi connectivity index (χ4v) is 3.10. The first-order chi connectivity index (χ1) is 6.76. The van der Waals surface area contributed by atoms with E-state index < -0.39 is 0 Å². The van der Waals surface area contributed by atoms with E-state index in [0.29, 0.717) is 0 Å². The van der Waals surface area contributed by atoms with Gasteiger partial charge in [0.25, 0.3) is 0 Å². The number of methoxy groups -OCH3 is 1. The Morgan fingerprint density at radius 1 is 1.50 bits per heavy atom. The van der Waals surface area contributed by atoms with E-state index in [1.807, 2.05) is 0 Å². The fourth-order valence-electron chi connectivity index (χ4n) is 1.44. The molecule has 74 valence electrons. The van der Waals surface area contributed by atoms with E-state index in [4.69, 9.17) is 4.74 Å². The first-order valence-corrected chi connectivity index (χ1v) is 6.09. The molecule has 4 heteroatoms. The molecule has 0 saturated heterocycles. The third kappa shape index (κ3) is 1.48. The summed E-state index contributed by atoms with van der Waals surface area (Å²) in [7, 11) is 1.61. The summed E-state index contributed by atoms with van der Waals surface area (Å²) in [5.41, 5.74) is 1.20. The molecule has 2 nitrogen and oxygen atoms in total. The first kappa shape index (κ1) is 9.80. The number of hydrogen-bond donors (Lipinski definition) is 1. The highest BCUT2D eigenvalue weighted by Gasteiger charge is 2.10. The summed E-state index contributed by atoms with van der Waals surface area (Å²) in [6.07, 6.45) is 0. The van der Waals surface area contributed by atoms with Crippen molar-refractivity contribution in [2.45, 2.75) is 5.33 Å². The summed E-state index contributed by atoms with van der Waals surface area (Å²) in [5.74, 6) is 0.980. The van der Waals surface area contributed by atoms with Gasteiger partial charge in [-0.25, -0.2) is 0 Å². The van der Waals surface area contributed by atoms with E-state index in [0.717, 1.165) is 21.2 Å². The van der Waals surface area contributed by atoms with Gasteiger partial charge in [-0.2, -0.15) is 0 Å².